The van der Waals surface area contributed by atoms with Gasteiger partial charge in [-0.05, 0) is 35.9 Å². The second-order valence-corrected chi connectivity index (χ2v) is 6.21. The average molecular weight is 372 g/mol. The van der Waals surface area contributed by atoms with E-state index in [9.17, 15) is 4.79 Å². The molecule has 0 aliphatic rings. The Morgan fingerprint density at radius 1 is 1.31 bits per heavy atom. The number of anilines is 1. The maximum absolute atomic E-state index is 12.4. The lowest BCUT2D eigenvalue weighted by Crippen LogP contribution is -2.38. The molecule has 0 saturated carbocycles. The molecular formula is C18H18ClN5O2. The summed E-state index contributed by atoms with van der Waals surface area (Å²) in [5.41, 5.74) is 13.6. The second kappa shape index (κ2) is 6.97. The minimum atomic E-state index is -0.438. The fourth-order valence-corrected chi connectivity index (χ4v) is 2.74. The Kier molecular flexibility index (Phi) is 4.73. The van der Waals surface area contributed by atoms with E-state index >= 15 is 0 Å². The number of guanidine groups is 1. The van der Waals surface area contributed by atoms with Crippen LogP contribution in [0.15, 0.2) is 42.5 Å². The largest absolute Gasteiger partial charge is 0.487 e. The quantitative estimate of drug-likeness (QED) is 0.320. The minimum absolute atomic E-state index is 0.264. The summed E-state index contributed by atoms with van der Waals surface area (Å²) in [4.78, 5) is 16.4. The van der Waals surface area contributed by atoms with E-state index < -0.39 is 5.91 Å². The third-order valence-corrected chi connectivity index (χ3v) is 4.27. The first-order chi connectivity index (χ1) is 12.4. The number of carbonyl (C=O) groups is 1. The highest BCUT2D eigenvalue weighted by Crippen LogP contribution is 2.32. The first-order valence-electron chi connectivity index (χ1n) is 7.77. The SMILES string of the molecule is CN(C(=N)N)C(=O)c1cc2c(Cl)ccc(OCc3cccc(N)c3)c2[nH]1. The van der Waals surface area contributed by atoms with Crippen LogP contribution in [0.5, 0.6) is 5.75 Å². The number of aromatic amines is 1. The molecule has 1 heterocycles. The van der Waals surface area contributed by atoms with Crippen LogP contribution in [0.1, 0.15) is 16.1 Å². The lowest BCUT2D eigenvalue weighted by atomic mass is 10.2. The van der Waals surface area contributed by atoms with Crippen molar-refractivity contribution >= 4 is 40.1 Å². The number of nitrogens with two attached hydrogens (primary N) is 2. The topological polar surface area (TPSA) is 121 Å². The van der Waals surface area contributed by atoms with Crippen LogP contribution in [0, 0.1) is 5.41 Å². The molecule has 7 nitrogen and oxygen atoms in total. The Bertz CT molecular complexity index is 998. The summed E-state index contributed by atoms with van der Waals surface area (Å²) in [6, 6.07) is 12.5. The van der Waals surface area contributed by atoms with Gasteiger partial charge >= 0.3 is 0 Å². The van der Waals surface area contributed by atoms with E-state index in [0.717, 1.165) is 10.5 Å². The molecule has 0 spiro atoms. The Morgan fingerprint density at radius 3 is 2.77 bits per heavy atom. The molecule has 0 fully saturated rings. The number of halogens is 1. The number of benzene rings is 2. The standard InChI is InChI=1S/C18H18ClN5O2/c1-24(18(21)22)17(25)14-8-12-13(19)5-6-15(16(12)23-14)26-9-10-3-2-4-11(20)7-10/h2-8,23H,9,20H2,1H3,(H3,21,22). The van der Waals surface area contributed by atoms with Crippen LogP contribution in [0.3, 0.4) is 0 Å². The molecular weight excluding hydrogens is 354 g/mol. The Balaban J connectivity index is 1.93. The number of hydrogen-bond acceptors (Lipinski definition) is 4. The smallest absolute Gasteiger partial charge is 0.276 e. The number of carbonyl (C=O) groups excluding carboxylic acids is 1. The average Bonchev–Trinajstić information content (AvgIpc) is 3.06. The van der Waals surface area contributed by atoms with E-state index in [1.165, 1.54) is 7.05 Å². The predicted octanol–water partition coefficient (Wildman–Crippen LogP) is 2.95. The van der Waals surface area contributed by atoms with E-state index in [0.29, 0.717) is 34.0 Å². The Morgan fingerprint density at radius 2 is 2.08 bits per heavy atom. The van der Waals surface area contributed by atoms with Gasteiger partial charge in [0.15, 0.2) is 5.96 Å². The van der Waals surface area contributed by atoms with E-state index in [2.05, 4.69) is 4.98 Å². The first kappa shape index (κ1) is 17.6. The van der Waals surface area contributed by atoms with Crippen molar-refractivity contribution in [1.29, 1.82) is 5.41 Å². The van der Waals surface area contributed by atoms with E-state index in [1.54, 1.807) is 24.3 Å². The van der Waals surface area contributed by atoms with Crippen molar-refractivity contribution in [3.8, 4) is 5.75 Å². The van der Waals surface area contributed by atoms with Gasteiger partial charge in [0.05, 0.1) is 10.5 Å². The fraction of sp³-hybridized carbons (Fsp3) is 0.111. The lowest BCUT2D eigenvalue weighted by Gasteiger charge is -2.12. The number of ether oxygens (including phenoxy) is 1. The first-order valence-corrected chi connectivity index (χ1v) is 8.15. The third-order valence-electron chi connectivity index (χ3n) is 3.94. The molecule has 0 saturated heterocycles. The van der Waals surface area contributed by atoms with Gasteiger partial charge in [-0.25, -0.2) is 0 Å². The van der Waals surface area contributed by atoms with Gasteiger partial charge in [-0.1, -0.05) is 23.7 Å². The molecule has 1 aromatic heterocycles. The summed E-state index contributed by atoms with van der Waals surface area (Å²) in [5.74, 6) is -0.235. The summed E-state index contributed by atoms with van der Waals surface area (Å²) < 4.78 is 5.88. The molecule has 0 radical (unpaired) electrons. The van der Waals surface area contributed by atoms with Gasteiger partial charge in [-0.3, -0.25) is 15.1 Å². The van der Waals surface area contributed by atoms with Crippen molar-refractivity contribution in [3.05, 3.63) is 58.7 Å². The minimum Gasteiger partial charge on any atom is -0.487 e. The summed E-state index contributed by atoms with van der Waals surface area (Å²) >= 11 is 6.24. The van der Waals surface area contributed by atoms with Crippen LogP contribution in [-0.2, 0) is 6.61 Å². The number of nitrogen functional groups attached to an aromatic ring is 1. The molecule has 0 atom stereocenters. The zero-order valence-corrected chi connectivity index (χ0v) is 14.8. The molecule has 0 aliphatic carbocycles. The van der Waals surface area contributed by atoms with Gasteiger partial charge in [0.2, 0.25) is 0 Å². The predicted molar refractivity (Wildman–Crippen MR) is 103 cm³/mol. The summed E-state index contributed by atoms with van der Waals surface area (Å²) in [5, 5.41) is 8.52. The van der Waals surface area contributed by atoms with Crippen LogP contribution in [-0.4, -0.2) is 28.8 Å². The van der Waals surface area contributed by atoms with Crippen molar-refractivity contribution in [2.45, 2.75) is 6.61 Å². The van der Waals surface area contributed by atoms with Crippen molar-refractivity contribution in [2.24, 2.45) is 5.73 Å². The summed E-state index contributed by atoms with van der Waals surface area (Å²) in [7, 11) is 1.43. The Hall–Kier alpha value is -3.19. The molecule has 0 bridgehead atoms. The molecule has 3 rings (SSSR count). The molecule has 26 heavy (non-hydrogen) atoms. The molecule has 2 aromatic carbocycles. The van der Waals surface area contributed by atoms with Crippen molar-refractivity contribution < 1.29 is 9.53 Å². The fourth-order valence-electron chi connectivity index (χ4n) is 2.53. The monoisotopic (exact) mass is 371 g/mol. The maximum atomic E-state index is 12.4. The van der Waals surface area contributed by atoms with Crippen molar-refractivity contribution in [3.63, 3.8) is 0 Å². The van der Waals surface area contributed by atoms with Crippen molar-refractivity contribution in [2.75, 3.05) is 12.8 Å². The van der Waals surface area contributed by atoms with Crippen LogP contribution in [0.2, 0.25) is 5.02 Å². The number of nitrogens with zero attached hydrogens (tertiary/aromatic N) is 1. The van der Waals surface area contributed by atoms with E-state index in [1.807, 2.05) is 18.2 Å². The molecule has 1 amide bonds. The molecule has 8 heteroatoms. The van der Waals surface area contributed by atoms with Crippen LogP contribution in [0.25, 0.3) is 10.9 Å². The molecule has 134 valence electrons. The number of amides is 1. The van der Waals surface area contributed by atoms with E-state index in [4.69, 9.17) is 33.2 Å². The normalized spacial score (nSPS) is 10.7. The summed E-state index contributed by atoms with van der Waals surface area (Å²) in [6.45, 7) is 0.317. The highest BCUT2D eigenvalue weighted by molar-refractivity contribution is 6.35. The molecule has 3 aromatic rings. The van der Waals surface area contributed by atoms with E-state index in [-0.39, 0.29) is 11.7 Å². The third kappa shape index (κ3) is 3.43. The van der Waals surface area contributed by atoms with Gasteiger partial charge < -0.3 is 21.2 Å². The molecule has 6 N–H and O–H groups in total. The number of fused-ring (bicyclic) bond motifs is 1. The number of rotatable bonds is 4. The van der Waals surface area contributed by atoms with Gasteiger partial charge in [-0.2, -0.15) is 0 Å². The zero-order chi connectivity index (χ0) is 18.8. The molecule has 0 aliphatic heterocycles. The molecule has 0 unspecified atom stereocenters. The number of nitrogens with one attached hydrogen (secondary N) is 2. The van der Waals surface area contributed by atoms with Crippen molar-refractivity contribution in [1.82, 2.24) is 9.88 Å². The lowest BCUT2D eigenvalue weighted by molar-refractivity contribution is 0.0864. The maximum Gasteiger partial charge on any atom is 0.276 e. The highest BCUT2D eigenvalue weighted by Gasteiger charge is 2.19. The zero-order valence-electron chi connectivity index (χ0n) is 14.0. The number of H-pyrrole nitrogens is 1. The van der Waals surface area contributed by atoms with Crippen LogP contribution < -0.4 is 16.2 Å². The van der Waals surface area contributed by atoms with Gasteiger partial charge in [0.25, 0.3) is 5.91 Å². The second-order valence-electron chi connectivity index (χ2n) is 5.80. The number of aromatic nitrogens is 1. The number of hydrogen-bond donors (Lipinski definition) is 4. The van der Waals surface area contributed by atoms with Crippen LogP contribution >= 0.6 is 11.6 Å². The highest BCUT2D eigenvalue weighted by atomic mass is 35.5. The van der Waals surface area contributed by atoms with Gasteiger partial charge in [0, 0.05) is 18.1 Å². The van der Waals surface area contributed by atoms with Gasteiger partial charge in [-0.15, -0.1) is 0 Å². The Labute approximate surface area is 155 Å². The van der Waals surface area contributed by atoms with Crippen LogP contribution in [0.4, 0.5) is 5.69 Å². The summed E-state index contributed by atoms with van der Waals surface area (Å²) in [6.07, 6.45) is 0. The van der Waals surface area contributed by atoms with Gasteiger partial charge in [0.1, 0.15) is 18.1 Å².